The molecular weight excluding hydrogens is 975 g/mol. The molecule has 412 valence electrons. The first kappa shape index (κ1) is 59.9. The molecule has 0 radical (unpaired) electrons. The highest BCUT2D eigenvalue weighted by Crippen LogP contribution is 2.27. The zero-order valence-corrected chi connectivity index (χ0v) is 46.3. The number of nitrogens with one attached hydrogen (secondary N) is 7. The van der Waals surface area contributed by atoms with E-state index in [2.05, 4.69) is 37.2 Å². The maximum atomic E-state index is 14.8. The van der Waals surface area contributed by atoms with Crippen molar-refractivity contribution in [1.29, 1.82) is 0 Å². The molecule has 3 heterocycles. The molecule has 2 aromatic carbocycles. The molecular formula is C56H83N9O9S. The summed E-state index contributed by atoms with van der Waals surface area (Å²) in [7, 11) is 0. The number of carbonyl (C=O) groups excluding carboxylic acids is 9. The van der Waals surface area contributed by atoms with Crippen LogP contribution in [-0.4, -0.2) is 142 Å². The Labute approximate surface area is 447 Å². The molecule has 9 amide bonds. The van der Waals surface area contributed by atoms with Gasteiger partial charge >= 0.3 is 0 Å². The van der Waals surface area contributed by atoms with E-state index in [1.807, 2.05) is 89.4 Å². The zero-order chi connectivity index (χ0) is 54.9. The lowest BCUT2D eigenvalue weighted by Gasteiger charge is -2.35. The van der Waals surface area contributed by atoms with Crippen molar-refractivity contribution in [2.45, 2.75) is 174 Å². The fourth-order valence-corrected chi connectivity index (χ4v) is 10.5. The van der Waals surface area contributed by atoms with Gasteiger partial charge in [-0.2, -0.15) is 11.8 Å². The summed E-state index contributed by atoms with van der Waals surface area (Å²) in [5.74, 6) is -6.19. The van der Waals surface area contributed by atoms with Crippen molar-refractivity contribution in [3.8, 4) is 0 Å². The lowest BCUT2D eigenvalue weighted by molar-refractivity contribution is -0.149. The summed E-state index contributed by atoms with van der Waals surface area (Å²) in [4.78, 5) is 134. The lowest BCUT2D eigenvalue weighted by Crippen LogP contribution is -2.62. The van der Waals surface area contributed by atoms with Crippen LogP contribution in [0.3, 0.4) is 0 Å². The molecule has 0 spiro atoms. The van der Waals surface area contributed by atoms with Gasteiger partial charge in [0.05, 0.1) is 0 Å². The molecule has 5 rings (SSSR count). The van der Waals surface area contributed by atoms with E-state index in [1.165, 1.54) is 21.6 Å². The fourth-order valence-electron chi connectivity index (χ4n) is 10.0. The van der Waals surface area contributed by atoms with E-state index in [1.54, 1.807) is 32.9 Å². The third kappa shape index (κ3) is 16.5. The fraction of sp³-hybridized carbons (Fsp3) is 0.625. The summed E-state index contributed by atoms with van der Waals surface area (Å²) in [5.41, 5.74) is 1.43. The van der Waals surface area contributed by atoms with Crippen molar-refractivity contribution in [2.24, 2.45) is 23.7 Å². The van der Waals surface area contributed by atoms with Gasteiger partial charge in [0.25, 0.3) is 0 Å². The molecule has 75 heavy (non-hydrogen) atoms. The molecule has 0 aliphatic carbocycles. The van der Waals surface area contributed by atoms with Gasteiger partial charge in [-0.15, -0.1) is 0 Å². The first-order chi connectivity index (χ1) is 35.8. The van der Waals surface area contributed by atoms with E-state index < -0.39 is 119 Å². The van der Waals surface area contributed by atoms with Gasteiger partial charge in [-0.1, -0.05) is 129 Å². The highest BCUT2D eigenvalue weighted by atomic mass is 32.2. The molecule has 19 heteroatoms. The van der Waals surface area contributed by atoms with E-state index in [0.717, 1.165) is 5.56 Å². The molecule has 7 N–H and O–H groups in total. The number of hydrogen-bond acceptors (Lipinski definition) is 10. The van der Waals surface area contributed by atoms with Crippen LogP contribution < -0.4 is 37.2 Å². The second-order valence-corrected chi connectivity index (χ2v) is 22.4. The Morgan fingerprint density at radius 3 is 1.45 bits per heavy atom. The topological polar surface area (TPSA) is 244 Å². The third-order valence-electron chi connectivity index (χ3n) is 14.9. The molecule has 3 aliphatic rings. The largest absolute Gasteiger partial charge is 0.343 e. The number of fused-ring (bicyclic) bond motifs is 2. The number of benzene rings is 2. The summed E-state index contributed by atoms with van der Waals surface area (Å²) >= 11 is 1.47. The van der Waals surface area contributed by atoms with Gasteiger partial charge in [0.15, 0.2) is 0 Å². The first-order valence-electron chi connectivity index (χ1n) is 27.1. The number of hydrogen-bond donors (Lipinski definition) is 7. The average molecular weight is 1060 g/mol. The molecule has 0 saturated carbocycles. The number of thioether (sulfide) groups is 1. The molecule has 0 unspecified atom stereocenters. The van der Waals surface area contributed by atoms with E-state index in [4.69, 9.17) is 0 Å². The van der Waals surface area contributed by atoms with Crippen LogP contribution in [0.2, 0.25) is 0 Å². The lowest BCUT2D eigenvalue weighted by atomic mass is 9.95. The van der Waals surface area contributed by atoms with Gasteiger partial charge in [0.2, 0.25) is 53.2 Å². The summed E-state index contributed by atoms with van der Waals surface area (Å²) in [6.07, 6.45) is 4.95. The van der Waals surface area contributed by atoms with E-state index in [0.29, 0.717) is 49.8 Å². The van der Waals surface area contributed by atoms with Crippen molar-refractivity contribution in [1.82, 2.24) is 47.0 Å². The average Bonchev–Trinajstić information content (AvgIpc) is 4.10. The van der Waals surface area contributed by atoms with Crippen LogP contribution in [0.4, 0.5) is 0 Å². The van der Waals surface area contributed by atoms with E-state index >= 15 is 0 Å². The van der Waals surface area contributed by atoms with Crippen molar-refractivity contribution in [3.05, 3.63) is 71.8 Å². The smallest absolute Gasteiger partial charge is 0.246 e. The predicted molar refractivity (Wildman–Crippen MR) is 289 cm³/mol. The van der Waals surface area contributed by atoms with Crippen molar-refractivity contribution in [3.63, 3.8) is 0 Å². The van der Waals surface area contributed by atoms with Crippen LogP contribution in [0.5, 0.6) is 0 Å². The summed E-state index contributed by atoms with van der Waals surface area (Å²) in [6, 6.07) is 8.17. The second kappa shape index (κ2) is 28.8. The number of amides is 9. The van der Waals surface area contributed by atoms with Crippen LogP contribution in [-0.2, 0) is 56.0 Å². The van der Waals surface area contributed by atoms with Crippen molar-refractivity contribution in [2.75, 3.05) is 25.1 Å². The van der Waals surface area contributed by atoms with E-state index in [9.17, 15) is 43.2 Å². The molecule has 2 aromatic rings. The van der Waals surface area contributed by atoms with Crippen LogP contribution in [0, 0.1) is 23.7 Å². The number of rotatable bonds is 14. The maximum absolute atomic E-state index is 14.8. The second-order valence-electron chi connectivity index (χ2n) is 21.4. The first-order valence-corrected chi connectivity index (χ1v) is 28.5. The van der Waals surface area contributed by atoms with Crippen LogP contribution in [0.1, 0.15) is 118 Å². The van der Waals surface area contributed by atoms with Gasteiger partial charge in [0, 0.05) is 25.9 Å². The summed E-state index contributed by atoms with van der Waals surface area (Å²) in [5, 5.41) is 20.3. The van der Waals surface area contributed by atoms with Crippen LogP contribution >= 0.6 is 11.8 Å². The Hall–Kier alpha value is -5.98. The number of carbonyl (C=O) groups is 9. The van der Waals surface area contributed by atoms with Gasteiger partial charge in [-0.05, 0) is 85.3 Å². The van der Waals surface area contributed by atoms with Gasteiger partial charge < -0.3 is 47.0 Å². The standard InChI is InChI=1S/C56H83N9O9S/c1-10-35(7)46-54(72)57-39(26-29-75-9)48(66)58-40(30-33(3)4)50(68)63-47(36(8)11-2)56(74)65-28-19-25-44(65)55(73)64-27-18-24-43(64)52(70)60-41(31-37-20-14-12-15-21-37)49(67)59-42(32-38-22-16-13-17-23-38)51(69)61-45(34(5)6)53(71)62-46/h12-17,20-23,33-36,39-47H,10-11,18-19,24-32H2,1-9H3,(H,57,72)(H,58,66)(H,59,67)(H,60,70)(H,61,69)(H,62,71)(H,63,68)/t35-,36-,39-,40-,41-,42-,43-,44-,45-,46-,47-/m0/s1. The van der Waals surface area contributed by atoms with Crippen molar-refractivity contribution < 1.29 is 43.2 Å². The molecule has 11 atom stereocenters. The third-order valence-corrected chi connectivity index (χ3v) is 15.5. The van der Waals surface area contributed by atoms with Gasteiger partial charge in [0.1, 0.15) is 54.4 Å². The Morgan fingerprint density at radius 2 is 0.920 bits per heavy atom. The van der Waals surface area contributed by atoms with Gasteiger partial charge in [-0.25, -0.2) is 0 Å². The Bertz CT molecular complexity index is 2290. The monoisotopic (exact) mass is 1060 g/mol. The quantitative estimate of drug-likeness (QED) is 0.145. The minimum atomic E-state index is -1.24. The van der Waals surface area contributed by atoms with Crippen LogP contribution in [0.15, 0.2) is 60.7 Å². The molecule has 3 aliphatic heterocycles. The maximum Gasteiger partial charge on any atom is 0.246 e. The van der Waals surface area contributed by atoms with E-state index in [-0.39, 0.29) is 50.6 Å². The minimum absolute atomic E-state index is 0.0206. The highest BCUT2D eigenvalue weighted by Gasteiger charge is 2.46. The molecule has 3 saturated heterocycles. The molecule has 3 fully saturated rings. The zero-order valence-electron chi connectivity index (χ0n) is 45.4. The SMILES string of the molecule is CC[C@H](C)[C@@H]1NC(=O)[C@H](C(C)C)NC(=O)[C@H](Cc2ccccc2)NC(=O)[C@H](Cc2ccccc2)NC(=O)[C@@H]2CCCN2C(=O)[C@@H]2CCCN2C(=O)[C@H]([C@@H](C)CC)NC(=O)[C@H](CC(C)C)NC(=O)[C@H](CCSC)NC1=O. The van der Waals surface area contributed by atoms with Gasteiger partial charge in [-0.3, -0.25) is 43.2 Å². The Balaban J connectivity index is 1.60. The minimum Gasteiger partial charge on any atom is -0.343 e. The Morgan fingerprint density at radius 1 is 0.493 bits per heavy atom. The molecule has 18 nitrogen and oxygen atoms in total. The van der Waals surface area contributed by atoms with Crippen molar-refractivity contribution >= 4 is 64.9 Å². The highest BCUT2D eigenvalue weighted by molar-refractivity contribution is 7.98. The summed E-state index contributed by atoms with van der Waals surface area (Å²) in [6.45, 7) is 15.2. The van der Waals surface area contributed by atoms with Crippen LogP contribution in [0.25, 0.3) is 0 Å². The normalized spacial score (nSPS) is 27.2. The summed E-state index contributed by atoms with van der Waals surface area (Å²) < 4.78 is 0. The Kier molecular flexibility index (Phi) is 23.0. The molecule has 0 aromatic heterocycles. The predicted octanol–water partition coefficient (Wildman–Crippen LogP) is 3.41. The number of nitrogens with zero attached hydrogens (tertiary/aromatic N) is 2. The molecule has 0 bridgehead atoms.